The van der Waals surface area contributed by atoms with Crippen molar-refractivity contribution in [2.75, 3.05) is 10.1 Å². The Hall–Kier alpha value is -0.780. The van der Waals surface area contributed by atoms with Gasteiger partial charge in [-0.2, -0.15) is 0 Å². The van der Waals surface area contributed by atoms with Gasteiger partial charge in [-0.15, -0.1) is 0 Å². The van der Waals surface area contributed by atoms with Crippen molar-refractivity contribution in [3.63, 3.8) is 0 Å². The summed E-state index contributed by atoms with van der Waals surface area (Å²) in [5.41, 5.74) is 1.67. The number of benzene rings is 1. The molecule has 1 aromatic carbocycles. The molecule has 1 fully saturated rings. The Morgan fingerprint density at radius 3 is 2.93 bits per heavy atom. The number of nitrogens with one attached hydrogen (secondary N) is 2. The van der Waals surface area contributed by atoms with E-state index in [1.165, 1.54) is 12.8 Å². The molecule has 1 aliphatic rings. The second-order valence-electron chi connectivity index (χ2n) is 3.83. The van der Waals surface area contributed by atoms with Crippen LogP contribution in [-0.4, -0.2) is 12.5 Å². The molecular weight excluding hydrogens is 303 g/mol. The van der Waals surface area contributed by atoms with E-state index < -0.39 is 0 Å². The average Bonchev–Trinajstić information content (AvgIpc) is 3.10. The minimum Gasteiger partial charge on any atom is -0.352 e. The molecule has 4 heteroatoms. The number of hydrogen-bond acceptors (Lipinski definition) is 2. The zero-order valence-electron chi connectivity index (χ0n) is 8.29. The highest BCUT2D eigenvalue weighted by atomic mass is 127. The maximum absolute atomic E-state index is 11.7. The molecule has 3 nitrogen and oxygen atoms in total. The van der Waals surface area contributed by atoms with E-state index in [1.54, 1.807) is 0 Å². The van der Waals surface area contributed by atoms with E-state index in [1.807, 2.05) is 24.3 Å². The summed E-state index contributed by atoms with van der Waals surface area (Å²) < 4.78 is 2.99. The Morgan fingerprint density at radius 2 is 2.27 bits per heavy atom. The summed E-state index contributed by atoms with van der Waals surface area (Å²) in [4.78, 5) is 11.7. The summed E-state index contributed by atoms with van der Waals surface area (Å²) in [6.45, 7) is 0.820. The molecule has 0 spiro atoms. The summed E-state index contributed by atoms with van der Waals surface area (Å²) in [5.74, 6) is 0.746. The lowest BCUT2D eigenvalue weighted by molar-refractivity contribution is 0.0952. The molecule has 15 heavy (non-hydrogen) atoms. The van der Waals surface area contributed by atoms with Gasteiger partial charge in [0.2, 0.25) is 0 Å². The molecule has 0 bridgehead atoms. The maximum Gasteiger partial charge on any atom is 0.251 e. The molecule has 1 amide bonds. The molecule has 2 N–H and O–H groups in total. The molecular formula is C11H13IN2O. The van der Waals surface area contributed by atoms with Crippen LogP contribution in [0.15, 0.2) is 24.3 Å². The second-order valence-corrected chi connectivity index (χ2v) is 4.37. The standard InChI is InChI=1S/C11H13IN2O/c12-14-10-3-1-2-9(6-10)11(15)13-7-8-4-5-8/h1-3,6,8,14H,4-5,7H2,(H,13,15). The number of carbonyl (C=O) groups is 1. The van der Waals surface area contributed by atoms with Gasteiger partial charge in [-0.25, -0.2) is 0 Å². The van der Waals surface area contributed by atoms with Crippen molar-refractivity contribution >= 4 is 34.5 Å². The van der Waals surface area contributed by atoms with Crippen LogP contribution in [0.3, 0.4) is 0 Å². The van der Waals surface area contributed by atoms with Crippen molar-refractivity contribution in [1.82, 2.24) is 5.32 Å². The normalized spacial score (nSPS) is 14.7. The number of anilines is 1. The van der Waals surface area contributed by atoms with Gasteiger partial charge in [0.25, 0.3) is 5.91 Å². The second kappa shape index (κ2) is 4.83. The van der Waals surface area contributed by atoms with Crippen LogP contribution < -0.4 is 8.85 Å². The fourth-order valence-electron chi connectivity index (χ4n) is 1.38. The molecule has 0 unspecified atom stereocenters. The van der Waals surface area contributed by atoms with Crippen LogP contribution in [0.4, 0.5) is 5.69 Å². The summed E-state index contributed by atoms with van der Waals surface area (Å²) in [7, 11) is 0. The van der Waals surface area contributed by atoms with E-state index in [-0.39, 0.29) is 5.91 Å². The van der Waals surface area contributed by atoms with E-state index in [0.29, 0.717) is 0 Å². The topological polar surface area (TPSA) is 41.1 Å². The molecule has 0 heterocycles. The zero-order chi connectivity index (χ0) is 10.7. The van der Waals surface area contributed by atoms with Crippen LogP contribution in [-0.2, 0) is 0 Å². The number of halogens is 1. The van der Waals surface area contributed by atoms with Crippen LogP contribution in [0.25, 0.3) is 0 Å². The monoisotopic (exact) mass is 316 g/mol. The van der Waals surface area contributed by atoms with Crippen molar-refractivity contribution in [2.24, 2.45) is 5.92 Å². The van der Waals surface area contributed by atoms with Crippen molar-refractivity contribution < 1.29 is 4.79 Å². The molecule has 1 aliphatic carbocycles. The number of hydrogen-bond donors (Lipinski definition) is 2. The third-order valence-corrected chi connectivity index (χ3v) is 3.10. The zero-order valence-corrected chi connectivity index (χ0v) is 10.5. The first kappa shape index (κ1) is 10.7. The van der Waals surface area contributed by atoms with E-state index >= 15 is 0 Å². The third-order valence-electron chi connectivity index (χ3n) is 2.48. The van der Waals surface area contributed by atoms with Crippen molar-refractivity contribution in [3.05, 3.63) is 29.8 Å². The van der Waals surface area contributed by atoms with Crippen LogP contribution in [0.5, 0.6) is 0 Å². The first-order valence-electron chi connectivity index (χ1n) is 5.04. The van der Waals surface area contributed by atoms with E-state index in [2.05, 4.69) is 31.7 Å². The largest absolute Gasteiger partial charge is 0.352 e. The summed E-state index contributed by atoms with van der Waals surface area (Å²) >= 11 is 2.05. The van der Waals surface area contributed by atoms with E-state index in [4.69, 9.17) is 0 Å². The quantitative estimate of drug-likeness (QED) is 0.662. The Morgan fingerprint density at radius 1 is 1.47 bits per heavy atom. The van der Waals surface area contributed by atoms with Crippen LogP contribution in [0.2, 0.25) is 0 Å². The minimum absolute atomic E-state index is 0.0235. The molecule has 1 saturated carbocycles. The molecule has 0 radical (unpaired) electrons. The maximum atomic E-state index is 11.7. The van der Waals surface area contributed by atoms with Gasteiger partial charge in [0, 0.05) is 17.8 Å². The number of carbonyl (C=O) groups excluding carboxylic acids is 1. The van der Waals surface area contributed by atoms with Crippen LogP contribution in [0, 0.1) is 5.92 Å². The van der Waals surface area contributed by atoms with Gasteiger partial charge in [-0.3, -0.25) is 4.79 Å². The highest BCUT2D eigenvalue weighted by Gasteiger charge is 2.21. The fraction of sp³-hybridized carbons (Fsp3) is 0.364. The minimum atomic E-state index is 0.0235. The van der Waals surface area contributed by atoms with Crippen molar-refractivity contribution in [1.29, 1.82) is 0 Å². The van der Waals surface area contributed by atoms with E-state index in [0.717, 1.165) is 23.7 Å². The van der Waals surface area contributed by atoms with Gasteiger partial charge in [-0.05, 0) is 37.0 Å². The van der Waals surface area contributed by atoms with Gasteiger partial charge in [0.1, 0.15) is 0 Å². The predicted octanol–water partition coefficient (Wildman–Crippen LogP) is 2.59. The number of rotatable bonds is 4. The van der Waals surface area contributed by atoms with Crippen molar-refractivity contribution in [3.8, 4) is 0 Å². The van der Waals surface area contributed by atoms with Crippen molar-refractivity contribution in [2.45, 2.75) is 12.8 Å². The van der Waals surface area contributed by atoms with Crippen LogP contribution in [0.1, 0.15) is 23.2 Å². The van der Waals surface area contributed by atoms with Gasteiger partial charge in [0.15, 0.2) is 0 Å². The smallest absolute Gasteiger partial charge is 0.251 e. The van der Waals surface area contributed by atoms with Gasteiger partial charge in [0.05, 0.1) is 22.9 Å². The van der Waals surface area contributed by atoms with Gasteiger partial charge >= 0.3 is 0 Å². The first-order valence-corrected chi connectivity index (χ1v) is 6.12. The molecule has 80 valence electrons. The molecule has 0 aliphatic heterocycles. The summed E-state index contributed by atoms with van der Waals surface area (Å²) in [6.07, 6.45) is 2.52. The Labute approximate surface area is 103 Å². The Kier molecular flexibility index (Phi) is 3.45. The summed E-state index contributed by atoms with van der Waals surface area (Å²) in [6, 6.07) is 7.51. The highest BCUT2D eigenvalue weighted by Crippen LogP contribution is 2.27. The summed E-state index contributed by atoms with van der Waals surface area (Å²) in [5, 5.41) is 2.94. The van der Waals surface area contributed by atoms with Gasteiger partial charge in [-0.1, -0.05) is 6.07 Å². The third kappa shape index (κ3) is 3.09. The Balaban J connectivity index is 1.96. The number of amides is 1. The lowest BCUT2D eigenvalue weighted by Gasteiger charge is -2.05. The Bertz CT molecular complexity index is 363. The lowest BCUT2D eigenvalue weighted by atomic mass is 10.2. The average molecular weight is 316 g/mol. The van der Waals surface area contributed by atoms with Gasteiger partial charge < -0.3 is 8.85 Å². The molecule has 0 aromatic heterocycles. The fourth-order valence-corrected chi connectivity index (χ4v) is 1.72. The first-order chi connectivity index (χ1) is 7.29. The molecule has 1 aromatic rings. The highest BCUT2D eigenvalue weighted by molar-refractivity contribution is 14.1. The lowest BCUT2D eigenvalue weighted by Crippen LogP contribution is -2.25. The molecule has 0 atom stereocenters. The molecule has 2 rings (SSSR count). The predicted molar refractivity (Wildman–Crippen MR) is 69.1 cm³/mol. The molecule has 0 saturated heterocycles. The van der Waals surface area contributed by atoms with E-state index in [9.17, 15) is 4.79 Å². The van der Waals surface area contributed by atoms with Crippen LogP contribution >= 0.6 is 22.9 Å². The SMILES string of the molecule is O=C(NCC1CC1)c1cccc(NI)c1.